The lowest BCUT2D eigenvalue weighted by molar-refractivity contribution is -0.121. The Balaban J connectivity index is 2.58. The van der Waals surface area contributed by atoms with Crippen LogP contribution in [0.2, 0.25) is 0 Å². The van der Waals surface area contributed by atoms with Crippen molar-refractivity contribution in [3.63, 3.8) is 0 Å². The van der Waals surface area contributed by atoms with E-state index in [1.54, 1.807) is 0 Å². The van der Waals surface area contributed by atoms with E-state index in [1.807, 2.05) is 11.9 Å². The molecule has 3 amide bonds. The van der Waals surface area contributed by atoms with Gasteiger partial charge in [0.05, 0.1) is 6.54 Å². The molecule has 110 valence electrons. The molecule has 0 heterocycles. The number of benzene rings is 1. The number of carbonyl (C=O) groups is 2. The monoisotopic (exact) mass is 277 g/mol. The number of nitrogens with two attached hydrogens (primary N) is 1. The number of hydrogen-bond acceptors (Lipinski definition) is 3. The number of nitrogens with one attached hydrogen (secondary N) is 1. The van der Waals surface area contributed by atoms with Crippen LogP contribution in [0.5, 0.6) is 0 Å². The third-order valence-corrected chi connectivity index (χ3v) is 3.34. The molecule has 0 saturated carbocycles. The number of carbonyl (C=O) groups excluding carboxylic acids is 2. The molecule has 0 saturated heterocycles. The van der Waals surface area contributed by atoms with Gasteiger partial charge in [-0.1, -0.05) is 36.8 Å². The van der Waals surface area contributed by atoms with Gasteiger partial charge in [0.2, 0.25) is 5.91 Å². The second-order valence-electron chi connectivity index (χ2n) is 5.08. The van der Waals surface area contributed by atoms with Crippen LogP contribution in [0.3, 0.4) is 0 Å². The molecule has 0 unspecified atom stereocenters. The highest BCUT2D eigenvalue weighted by molar-refractivity contribution is 5.94. The fraction of sp³-hybridized carbons (Fsp3) is 0.467. The molecule has 5 heteroatoms. The number of imide groups is 1. The molecule has 1 atom stereocenters. The molecule has 20 heavy (non-hydrogen) atoms. The summed E-state index contributed by atoms with van der Waals surface area (Å²) in [5, 5.41) is 2.08. The normalized spacial score (nSPS) is 12.2. The highest BCUT2D eigenvalue weighted by Crippen LogP contribution is 2.11. The zero-order chi connectivity index (χ0) is 15.1. The molecule has 0 spiro atoms. The van der Waals surface area contributed by atoms with Crippen LogP contribution in [0.15, 0.2) is 24.3 Å². The first kappa shape index (κ1) is 16.2. The van der Waals surface area contributed by atoms with Gasteiger partial charge in [0.1, 0.15) is 0 Å². The number of primary amides is 1. The van der Waals surface area contributed by atoms with Gasteiger partial charge in [-0.25, -0.2) is 4.79 Å². The molecule has 0 aliphatic heterocycles. The second kappa shape index (κ2) is 7.65. The van der Waals surface area contributed by atoms with E-state index in [1.165, 1.54) is 11.1 Å². The van der Waals surface area contributed by atoms with Crippen LogP contribution in [0.25, 0.3) is 0 Å². The number of rotatable bonds is 6. The average molecular weight is 277 g/mol. The number of urea groups is 1. The Morgan fingerprint density at radius 1 is 1.30 bits per heavy atom. The fourth-order valence-corrected chi connectivity index (χ4v) is 2.14. The Morgan fingerprint density at radius 3 is 2.40 bits per heavy atom. The van der Waals surface area contributed by atoms with E-state index in [0.29, 0.717) is 0 Å². The van der Waals surface area contributed by atoms with Crippen LogP contribution in [-0.2, 0) is 11.2 Å². The molecule has 1 rings (SSSR count). The molecule has 1 aromatic rings. The van der Waals surface area contributed by atoms with Gasteiger partial charge >= 0.3 is 6.03 Å². The summed E-state index contributed by atoms with van der Waals surface area (Å²) in [7, 11) is 1.88. The summed E-state index contributed by atoms with van der Waals surface area (Å²) in [6.07, 6.45) is 1.80. The molecule has 0 aliphatic rings. The van der Waals surface area contributed by atoms with Gasteiger partial charge in [0.25, 0.3) is 0 Å². The molecule has 0 radical (unpaired) electrons. The van der Waals surface area contributed by atoms with Crippen molar-refractivity contribution in [2.24, 2.45) is 5.73 Å². The molecule has 0 aliphatic carbocycles. The molecule has 0 bridgehead atoms. The van der Waals surface area contributed by atoms with Crippen molar-refractivity contribution >= 4 is 11.9 Å². The minimum atomic E-state index is -0.810. The van der Waals surface area contributed by atoms with Crippen LogP contribution in [0, 0.1) is 6.92 Å². The third-order valence-electron chi connectivity index (χ3n) is 3.34. The summed E-state index contributed by atoms with van der Waals surface area (Å²) < 4.78 is 0. The molecule has 0 aromatic heterocycles. The highest BCUT2D eigenvalue weighted by atomic mass is 16.2. The van der Waals surface area contributed by atoms with E-state index in [4.69, 9.17) is 5.73 Å². The number of nitrogens with zero attached hydrogens (tertiary/aromatic N) is 1. The van der Waals surface area contributed by atoms with Gasteiger partial charge in [0, 0.05) is 6.04 Å². The zero-order valence-electron chi connectivity index (χ0n) is 12.3. The summed E-state index contributed by atoms with van der Waals surface area (Å²) >= 11 is 0. The van der Waals surface area contributed by atoms with Gasteiger partial charge in [-0.15, -0.1) is 0 Å². The van der Waals surface area contributed by atoms with Gasteiger partial charge in [0.15, 0.2) is 0 Å². The van der Waals surface area contributed by atoms with Crippen molar-refractivity contribution in [2.75, 3.05) is 13.6 Å². The average Bonchev–Trinajstić information content (AvgIpc) is 2.36. The minimum Gasteiger partial charge on any atom is -0.351 e. The first-order valence-electron chi connectivity index (χ1n) is 6.77. The predicted molar refractivity (Wildman–Crippen MR) is 79.3 cm³/mol. The highest BCUT2D eigenvalue weighted by Gasteiger charge is 2.16. The Labute approximate surface area is 120 Å². The Kier molecular flexibility index (Phi) is 6.18. The predicted octanol–water partition coefficient (Wildman–Crippen LogP) is 1.44. The Morgan fingerprint density at radius 2 is 1.90 bits per heavy atom. The van der Waals surface area contributed by atoms with Crippen LogP contribution >= 0.6 is 0 Å². The first-order chi connectivity index (χ1) is 9.42. The second-order valence-corrected chi connectivity index (χ2v) is 5.08. The van der Waals surface area contributed by atoms with Crippen molar-refractivity contribution < 1.29 is 9.59 Å². The Hall–Kier alpha value is -1.88. The lowest BCUT2D eigenvalue weighted by atomic mass is 10.0. The maximum absolute atomic E-state index is 11.5. The van der Waals surface area contributed by atoms with E-state index in [0.717, 1.165) is 12.8 Å². The van der Waals surface area contributed by atoms with Gasteiger partial charge in [-0.2, -0.15) is 0 Å². The SMILES string of the molecule is CC[C@H](Cc1ccc(C)cc1)N(C)CC(=O)NC(N)=O. The standard InChI is InChI=1S/C15H23N3O2/c1-4-13(9-12-7-5-11(2)6-8-12)18(3)10-14(19)17-15(16)20/h5-8,13H,4,9-10H2,1-3H3,(H3,16,17,19,20)/t13-/m1/s1. The number of hydrogen-bond donors (Lipinski definition) is 2. The van der Waals surface area contributed by atoms with Crippen molar-refractivity contribution in [1.29, 1.82) is 0 Å². The van der Waals surface area contributed by atoms with E-state index in [2.05, 4.69) is 43.4 Å². The summed E-state index contributed by atoms with van der Waals surface area (Å²) in [5.74, 6) is -0.373. The maximum atomic E-state index is 11.5. The zero-order valence-corrected chi connectivity index (χ0v) is 12.3. The van der Waals surface area contributed by atoms with Gasteiger partial charge < -0.3 is 5.73 Å². The van der Waals surface area contributed by atoms with Crippen molar-refractivity contribution in [2.45, 2.75) is 32.7 Å². The number of likely N-dealkylation sites (N-methyl/N-ethyl adjacent to an activating group) is 1. The molecular formula is C15H23N3O2. The topological polar surface area (TPSA) is 75.4 Å². The van der Waals surface area contributed by atoms with E-state index in [9.17, 15) is 9.59 Å². The summed E-state index contributed by atoms with van der Waals surface area (Å²) in [5.41, 5.74) is 7.40. The first-order valence-corrected chi connectivity index (χ1v) is 6.77. The van der Waals surface area contributed by atoms with Crippen molar-refractivity contribution in [3.05, 3.63) is 35.4 Å². The van der Waals surface area contributed by atoms with Gasteiger partial charge in [-0.3, -0.25) is 15.0 Å². The summed E-state index contributed by atoms with van der Waals surface area (Å²) in [6.45, 7) is 4.30. The molecule has 0 fully saturated rings. The molecule has 1 aromatic carbocycles. The third kappa shape index (κ3) is 5.40. The summed E-state index contributed by atoms with van der Waals surface area (Å²) in [4.78, 5) is 24.1. The van der Waals surface area contributed by atoms with Crippen LogP contribution in [0.1, 0.15) is 24.5 Å². The van der Waals surface area contributed by atoms with E-state index < -0.39 is 6.03 Å². The fourth-order valence-electron chi connectivity index (χ4n) is 2.14. The molecule has 3 N–H and O–H groups in total. The van der Waals surface area contributed by atoms with Crippen molar-refractivity contribution in [3.8, 4) is 0 Å². The number of aryl methyl sites for hydroxylation is 1. The minimum absolute atomic E-state index is 0.160. The van der Waals surface area contributed by atoms with Crippen LogP contribution < -0.4 is 11.1 Å². The maximum Gasteiger partial charge on any atom is 0.318 e. The molecular weight excluding hydrogens is 254 g/mol. The quantitative estimate of drug-likeness (QED) is 0.826. The van der Waals surface area contributed by atoms with E-state index in [-0.39, 0.29) is 18.5 Å². The van der Waals surface area contributed by atoms with Gasteiger partial charge in [-0.05, 0) is 32.4 Å². The molecule has 5 nitrogen and oxygen atoms in total. The largest absolute Gasteiger partial charge is 0.351 e. The van der Waals surface area contributed by atoms with Crippen molar-refractivity contribution in [1.82, 2.24) is 10.2 Å². The Bertz CT molecular complexity index is 457. The number of amides is 3. The lowest BCUT2D eigenvalue weighted by Crippen LogP contribution is -2.44. The lowest BCUT2D eigenvalue weighted by Gasteiger charge is -2.26. The smallest absolute Gasteiger partial charge is 0.318 e. The summed E-state index contributed by atoms with van der Waals surface area (Å²) in [6, 6.07) is 7.82. The van der Waals surface area contributed by atoms with Crippen LogP contribution in [-0.4, -0.2) is 36.5 Å². The van der Waals surface area contributed by atoms with E-state index >= 15 is 0 Å². The van der Waals surface area contributed by atoms with Crippen LogP contribution in [0.4, 0.5) is 4.79 Å².